The Balaban J connectivity index is 1.62. The van der Waals surface area contributed by atoms with E-state index in [1.807, 2.05) is 24.3 Å². The highest BCUT2D eigenvalue weighted by Gasteiger charge is 2.15. The molecule has 0 aliphatic heterocycles. The van der Waals surface area contributed by atoms with E-state index in [9.17, 15) is 9.59 Å². The van der Waals surface area contributed by atoms with Gasteiger partial charge >= 0.3 is 5.97 Å². The van der Waals surface area contributed by atoms with Crippen LogP contribution < -0.4 is 16.4 Å². The second-order valence-corrected chi connectivity index (χ2v) is 6.76. The van der Waals surface area contributed by atoms with Crippen molar-refractivity contribution in [3.05, 3.63) is 59.8 Å². The fourth-order valence-electron chi connectivity index (χ4n) is 3.02. The molecule has 0 saturated heterocycles. The maximum atomic E-state index is 12.5. The average Bonchev–Trinajstić information content (AvgIpc) is 3.17. The van der Waals surface area contributed by atoms with Crippen LogP contribution in [0.2, 0.25) is 0 Å². The Morgan fingerprint density at radius 1 is 1.17 bits per heavy atom. The predicted octanol–water partition coefficient (Wildman–Crippen LogP) is 2.90. The highest BCUT2D eigenvalue weighted by molar-refractivity contribution is 5.99. The quantitative estimate of drug-likeness (QED) is 0.341. The normalized spacial score (nSPS) is 11.5. The first-order chi connectivity index (χ1) is 14.5. The van der Waals surface area contributed by atoms with Gasteiger partial charge < -0.3 is 26.1 Å². The molecule has 1 aromatic heterocycles. The predicted molar refractivity (Wildman–Crippen MR) is 118 cm³/mol. The van der Waals surface area contributed by atoms with Gasteiger partial charge in [-0.15, -0.1) is 6.42 Å². The van der Waals surface area contributed by atoms with Gasteiger partial charge in [0.25, 0.3) is 0 Å². The number of fused-ring (bicyclic) bond motifs is 1. The van der Waals surface area contributed by atoms with E-state index in [0.717, 1.165) is 22.2 Å². The first kappa shape index (κ1) is 21.0. The summed E-state index contributed by atoms with van der Waals surface area (Å²) in [5.41, 5.74) is 9.69. The van der Waals surface area contributed by atoms with Gasteiger partial charge in [-0.3, -0.25) is 4.79 Å². The molecule has 0 aliphatic rings. The zero-order valence-corrected chi connectivity index (χ0v) is 16.7. The smallest absolute Gasteiger partial charge is 0.354 e. The summed E-state index contributed by atoms with van der Waals surface area (Å²) in [6.45, 7) is 2.51. The van der Waals surface area contributed by atoms with Crippen LogP contribution >= 0.6 is 0 Å². The fourth-order valence-corrected chi connectivity index (χ4v) is 3.02. The Bertz CT molecular complexity index is 1080. The molecule has 154 valence electrons. The Morgan fingerprint density at radius 2 is 1.90 bits per heavy atom. The fraction of sp³-hybridized carbons (Fsp3) is 0.217. The number of carbonyl (C=O) groups excluding carboxylic acids is 2. The number of anilines is 2. The van der Waals surface area contributed by atoms with E-state index in [0.29, 0.717) is 31.0 Å². The Morgan fingerprint density at radius 3 is 2.60 bits per heavy atom. The molecule has 7 heteroatoms. The molecule has 0 spiro atoms. The van der Waals surface area contributed by atoms with Gasteiger partial charge in [0.05, 0.1) is 19.2 Å². The van der Waals surface area contributed by atoms with Crippen molar-refractivity contribution >= 4 is 34.2 Å². The molecule has 0 fully saturated rings. The molecule has 2 aromatic carbocycles. The lowest BCUT2D eigenvalue weighted by molar-refractivity contribution is -0.117. The molecule has 0 bridgehead atoms. The largest absolute Gasteiger partial charge is 0.461 e. The summed E-state index contributed by atoms with van der Waals surface area (Å²) in [7, 11) is 0. The van der Waals surface area contributed by atoms with Crippen LogP contribution in [-0.4, -0.2) is 36.1 Å². The maximum absolute atomic E-state index is 12.5. The van der Waals surface area contributed by atoms with Crippen LogP contribution in [0.3, 0.4) is 0 Å². The number of hydrogen-bond acceptors (Lipinski definition) is 5. The molecule has 0 radical (unpaired) electrons. The van der Waals surface area contributed by atoms with Crippen LogP contribution in [0.4, 0.5) is 11.4 Å². The maximum Gasteiger partial charge on any atom is 0.354 e. The number of benzene rings is 2. The number of nitrogens with two attached hydrogens (primary N) is 1. The first-order valence-corrected chi connectivity index (χ1v) is 9.62. The highest BCUT2D eigenvalue weighted by atomic mass is 16.5. The zero-order valence-electron chi connectivity index (χ0n) is 16.7. The van der Waals surface area contributed by atoms with Gasteiger partial charge in [0.15, 0.2) is 0 Å². The lowest BCUT2D eigenvalue weighted by Crippen LogP contribution is -2.37. The molecule has 0 unspecified atom stereocenters. The van der Waals surface area contributed by atoms with Crippen molar-refractivity contribution in [1.29, 1.82) is 0 Å². The number of amides is 1. The van der Waals surface area contributed by atoms with E-state index in [-0.39, 0.29) is 5.91 Å². The summed E-state index contributed by atoms with van der Waals surface area (Å²) in [5.74, 6) is 1.81. The topological polar surface area (TPSA) is 109 Å². The molecule has 3 rings (SSSR count). The second-order valence-electron chi connectivity index (χ2n) is 6.76. The van der Waals surface area contributed by atoms with E-state index in [1.54, 1.807) is 31.2 Å². The summed E-state index contributed by atoms with van der Waals surface area (Å²) in [6, 6.07) is 13.9. The van der Waals surface area contributed by atoms with Crippen molar-refractivity contribution in [2.75, 3.05) is 23.8 Å². The van der Waals surface area contributed by atoms with Crippen molar-refractivity contribution in [3.63, 3.8) is 0 Å². The Hall–Kier alpha value is -3.76. The number of esters is 1. The summed E-state index contributed by atoms with van der Waals surface area (Å²) >= 11 is 0. The molecule has 1 amide bonds. The zero-order chi connectivity index (χ0) is 21.5. The number of rotatable bonds is 8. The monoisotopic (exact) mass is 404 g/mol. The minimum atomic E-state index is -0.702. The highest BCUT2D eigenvalue weighted by Crippen LogP contribution is 2.21. The number of H-pyrrole nitrogens is 1. The van der Waals surface area contributed by atoms with Gasteiger partial charge in [-0.2, -0.15) is 0 Å². The molecular formula is C23H24N4O3. The van der Waals surface area contributed by atoms with Crippen LogP contribution in [0.5, 0.6) is 0 Å². The van der Waals surface area contributed by atoms with Crippen molar-refractivity contribution in [2.24, 2.45) is 5.73 Å². The third-order valence-electron chi connectivity index (χ3n) is 4.52. The lowest BCUT2D eigenvalue weighted by Gasteiger charge is -2.13. The Labute approximate surface area is 175 Å². The van der Waals surface area contributed by atoms with Crippen molar-refractivity contribution in [2.45, 2.75) is 19.4 Å². The molecule has 3 aromatic rings. The summed E-state index contributed by atoms with van der Waals surface area (Å²) in [5, 5.41) is 6.70. The van der Waals surface area contributed by atoms with Crippen LogP contribution in [0.15, 0.2) is 48.5 Å². The summed E-state index contributed by atoms with van der Waals surface area (Å²) < 4.78 is 5.00. The summed E-state index contributed by atoms with van der Waals surface area (Å²) in [6.07, 6.45) is 5.63. The number of carbonyl (C=O) groups is 2. The Kier molecular flexibility index (Phi) is 6.73. The van der Waals surface area contributed by atoms with Gasteiger partial charge in [0, 0.05) is 22.3 Å². The van der Waals surface area contributed by atoms with Gasteiger partial charge in [0.1, 0.15) is 5.69 Å². The molecule has 0 aliphatic carbocycles. The third-order valence-corrected chi connectivity index (χ3v) is 4.52. The van der Waals surface area contributed by atoms with Crippen molar-refractivity contribution in [3.8, 4) is 12.3 Å². The molecular weight excluding hydrogens is 380 g/mol. The molecule has 30 heavy (non-hydrogen) atoms. The van der Waals surface area contributed by atoms with Crippen LogP contribution in [-0.2, 0) is 16.0 Å². The number of aromatic amines is 1. The van der Waals surface area contributed by atoms with E-state index >= 15 is 0 Å². The second kappa shape index (κ2) is 9.63. The van der Waals surface area contributed by atoms with Gasteiger partial charge in [-0.25, -0.2) is 4.79 Å². The first-order valence-electron chi connectivity index (χ1n) is 9.62. The van der Waals surface area contributed by atoms with Gasteiger partial charge in [0.2, 0.25) is 5.91 Å². The number of hydrogen-bond donors (Lipinski definition) is 4. The van der Waals surface area contributed by atoms with Crippen molar-refractivity contribution in [1.82, 2.24) is 4.98 Å². The molecule has 5 N–H and O–H groups in total. The molecule has 0 saturated carbocycles. The number of aromatic nitrogens is 1. The molecule has 1 heterocycles. The third kappa shape index (κ3) is 5.19. The van der Waals surface area contributed by atoms with Gasteiger partial charge in [-0.1, -0.05) is 18.1 Å². The van der Waals surface area contributed by atoms with Crippen molar-refractivity contribution < 1.29 is 14.3 Å². The molecule has 1 atom stereocenters. The van der Waals surface area contributed by atoms with E-state index in [2.05, 4.69) is 21.5 Å². The summed E-state index contributed by atoms with van der Waals surface area (Å²) in [4.78, 5) is 27.4. The number of terminal acetylenes is 1. The average molecular weight is 404 g/mol. The SMILES string of the molecule is C#CCNc1ccc(C[C@H](N)C(=O)Nc2ccc3[nH]c(C(=O)OCC)cc3c2)cc1. The van der Waals surface area contributed by atoms with E-state index in [1.165, 1.54) is 0 Å². The van der Waals surface area contributed by atoms with E-state index in [4.69, 9.17) is 16.9 Å². The lowest BCUT2D eigenvalue weighted by atomic mass is 10.1. The number of nitrogens with one attached hydrogen (secondary N) is 3. The van der Waals surface area contributed by atoms with Crippen LogP contribution in [0.25, 0.3) is 10.9 Å². The van der Waals surface area contributed by atoms with E-state index < -0.39 is 12.0 Å². The number of ether oxygens (including phenoxy) is 1. The van der Waals surface area contributed by atoms with Crippen LogP contribution in [0, 0.1) is 12.3 Å². The van der Waals surface area contributed by atoms with Gasteiger partial charge in [-0.05, 0) is 55.3 Å². The minimum absolute atomic E-state index is 0.287. The van der Waals surface area contributed by atoms with Crippen LogP contribution in [0.1, 0.15) is 23.0 Å². The minimum Gasteiger partial charge on any atom is -0.461 e. The molecule has 7 nitrogen and oxygen atoms in total. The standard InChI is InChI=1S/C23H24N4O3/c1-3-11-25-17-7-5-15(6-8-17)12-19(24)22(28)26-18-9-10-20-16(13-18)14-21(27-20)23(29)30-4-2/h1,5-10,13-14,19,25,27H,4,11-12,24H2,2H3,(H,26,28)/t19-/m0/s1.